The zero-order valence-corrected chi connectivity index (χ0v) is 17.2. The highest BCUT2D eigenvalue weighted by Crippen LogP contribution is 2.27. The Morgan fingerprint density at radius 1 is 1.41 bits per heavy atom. The van der Waals surface area contributed by atoms with Crippen molar-refractivity contribution in [2.24, 2.45) is 0 Å². The summed E-state index contributed by atoms with van der Waals surface area (Å²) in [7, 11) is -3.04. The van der Waals surface area contributed by atoms with Gasteiger partial charge in [0, 0.05) is 12.6 Å². The number of benzene rings is 1. The number of rotatable bonds is 6. The maximum atomic E-state index is 12.9. The number of tetrazole rings is 1. The van der Waals surface area contributed by atoms with Crippen molar-refractivity contribution in [3.05, 3.63) is 29.8 Å². The molecule has 2 aromatic rings. The third-order valence-corrected chi connectivity index (χ3v) is 7.46. The minimum atomic E-state index is -3.04. The Morgan fingerprint density at radius 3 is 2.78 bits per heavy atom. The number of nitrogens with zero attached hydrogens (tertiary/aromatic N) is 5. The number of aromatic nitrogens is 4. The van der Waals surface area contributed by atoms with Gasteiger partial charge in [0.15, 0.2) is 9.84 Å². The van der Waals surface area contributed by atoms with Gasteiger partial charge >= 0.3 is 0 Å². The summed E-state index contributed by atoms with van der Waals surface area (Å²) < 4.78 is 25.2. The van der Waals surface area contributed by atoms with Crippen LogP contribution in [0.3, 0.4) is 0 Å². The molecule has 1 amide bonds. The molecule has 146 valence electrons. The van der Waals surface area contributed by atoms with Crippen LogP contribution in [-0.2, 0) is 14.6 Å². The van der Waals surface area contributed by atoms with Crippen LogP contribution in [0.15, 0.2) is 29.4 Å². The normalized spacial score (nSPS) is 19.7. The molecule has 27 heavy (non-hydrogen) atoms. The highest BCUT2D eigenvalue weighted by atomic mass is 32.2. The number of carbonyl (C=O) groups is 1. The fourth-order valence-electron chi connectivity index (χ4n) is 3.26. The number of thioether (sulfide) groups is 1. The molecular formula is C17H23N5O3S2. The molecule has 0 N–H and O–H groups in total. The van der Waals surface area contributed by atoms with Crippen LogP contribution in [0.2, 0.25) is 0 Å². The fraction of sp³-hybridized carbons (Fsp3) is 0.529. The van der Waals surface area contributed by atoms with Crippen molar-refractivity contribution >= 4 is 27.5 Å². The monoisotopic (exact) mass is 409 g/mol. The largest absolute Gasteiger partial charge is 0.338 e. The van der Waals surface area contributed by atoms with Crippen molar-refractivity contribution in [1.82, 2.24) is 25.1 Å². The van der Waals surface area contributed by atoms with E-state index in [9.17, 15) is 13.2 Å². The fourth-order valence-corrected chi connectivity index (χ4v) is 5.86. The van der Waals surface area contributed by atoms with Gasteiger partial charge in [0.05, 0.1) is 22.4 Å². The summed E-state index contributed by atoms with van der Waals surface area (Å²) in [6.45, 7) is 6.12. The van der Waals surface area contributed by atoms with Crippen LogP contribution < -0.4 is 0 Å². The quantitative estimate of drug-likeness (QED) is 0.667. The van der Waals surface area contributed by atoms with E-state index >= 15 is 0 Å². The Kier molecular flexibility index (Phi) is 5.85. The summed E-state index contributed by atoms with van der Waals surface area (Å²) in [6.07, 6.45) is 0.500. The van der Waals surface area contributed by atoms with Crippen LogP contribution in [0.4, 0.5) is 0 Å². The van der Waals surface area contributed by atoms with Gasteiger partial charge in [-0.2, -0.15) is 4.68 Å². The Bertz CT molecular complexity index is 928. The van der Waals surface area contributed by atoms with Gasteiger partial charge < -0.3 is 4.90 Å². The molecule has 1 aromatic heterocycles. The van der Waals surface area contributed by atoms with Crippen LogP contribution in [0, 0.1) is 6.92 Å². The molecular weight excluding hydrogens is 386 g/mol. The predicted octanol–water partition coefficient (Wildman–Crippen LogP) is 1.49. The number of carbonyl (C=O) groups excluding carboxylic acids is 1. The second-order valence-corrected chi connectivity index (χ2v) is 10.1. The lowest BCUT2D eigenvalue weighted by Gasteiger charge is -2.29. The van der Waals surface area contributed by atoms with Crippen molar-refractivity contribution in [2.75, 3.05) is 18.1 Å². The number of sulfone groups is 1. The Morgan fingerprint density at radius 2 is 2.15 bits per heavy atom. The van der Waals surface area contributed by atoms with E-state index in [1.807, 2.05) is 38.1 Å². The lowest BCUT2D eigenvalue weighted by molar-refractivity contribution is -0.131. The van der Waals surface area contributed by atoms with Crippen molar-refractivity contribution < 1.29 is 13.2 Å². The molecule has 0 radical (unpaired) electrons. The molecule has 2 heterocycles. The SMILES string of the molecule is CCN(C(=O)[C@@H](C)Sc1nnnn1-c1ccccc1C)[C@@H]1CCS(=O)(=O)C1. The van der Waals surface area contributed by atoms with E-state index in [0.717, 1.165) is 11.3 Å². The van der Waals surface area contributed by atoms with Gasteiger partial charge in [-0.15, -0.1) is 5.10 Å². The van der Waals surface area contributed by atoms with Gasteiger partial charge in [-0.05, 0) is 49.2 Å². The summed E-state index contributed by atoms with van der Waals surface area (Å²) >= 11 is 1.28. The number of aryl methyl sites for hydroxylation is 1. The number of hydrogen-bond donors (Lipinski definition) is 0. The molecule has 0 aliphatic carbocycles. The first kappa shape index (κ1) is 19.8. The van der Waals surface area contributed by atoms with Crippen LogP contribution in [-0.4, -0.2) is 68.8 Å². The minimum Gasteiger partial charge on any atom is -0.338 e. The molecule has 1 aliphatic heterocycles. The molecule has 1 aliphatic rings. The second-order valence-electron chi connectivity index (χ2n) is 6.60. The molecule has 1 aromatic carbocycles. The maximum absolute atomic E-state index is 12.9. The van der Waals surface area contributed by atoms with Gasteiger partial charge in [-0.25, -0.2) is 8.42 Å². The third-order valence-electron chi connectivity index (χ3n) is 4.69. The zero-order valence-electron chi connectivity index (χ0n) is 15.6. The molecule has 0 unspecified atom stereocenters. The first-order valence-electron chi connectivity index (χ1n) is 8.84. The van der Waals surface area contributed by atoms with Crippen molar-refractivity contribution in [3.8, 4) is 5.69 Å². The van der Waals surface area contributed by atoms with Gasteiger partial charge in [0.2, 0.25) is 11.1 Å². The van der Waals surface area contributed by atoms with E-state index < -0.39 is 15.1 Å². The number of amides is 1. The lowest BCUT2D eigenvalue weighted by Crippen LogP contribution is -2.44. The molecule has 3 rings (SSSR count). The van der Waals surface area contributed by atoms with Crippen LogP contribution in [0.5, 0.6) is 0 Å². The van der Waals surface area contributed by atoms with Gasteiger partial charge in [-0.3, -0.25) is 4.79 Å². The molecule has 2 atom stereocenters. The molecule has 1 fully saturated rings. The van der Waals surface area contributed by atoms with Gasteiger partial charge in [0.1, 0.15) is 0 Å². The highest BCUT2D eigenvalue weighted by Gasteiger charge is 2.35. The Labute approximate surface area is 163 Å². The van der Waals surface area contributed by atoms with Crippen molar-refractivity contribution in [1.29, 1.82) is 0 Å². The average molecular weight is 410 g/mol. The van der Waals surface area contributed by atoms with Crippen LogP contribution in [0.1, 0.15) is 25.8 Å². The smallest absolute Gasteiger partial charge is 0.236 e. The number of para-hydroxylation sites is 1. The summed E-state index contributed by atoms with van der Waals surface area (Å²) in [5.74, 6) is 0.100. The van der Waals surface area contributed by atoms with Crippen LogP contribution >= 0.6 is 11.8 Å². The van der Waals surface area contributed by atoms with Gasteiger partial charge in [-0.1, -0.05) is 30.0 Å². The zero-order chi connectivity index (χ0) is 19.6. The van der Waals surface area contributed by atoms with E-state index in [0.29, 0.717) is 18.1 Å². The molecule has 0 spiro atoms. The summed E-state index contributed by atoms with van der Waals surface area (Å²) in [5.41, 5.74) is 1.89. The van der Waals surface area contributed by atoms with E-state index in [-0.39, 0.29) is 23.5 Å². The molecule has 1 saturated heterocycles. The van der Waals surface area contributed by atoms with E-state index in [1.165, 1.54) is 11.8 Å². The highest BCUT2D eigenvalue weighted by molar-refractivity contribution is 8.00. The summed E-state index contributed by atoms with van der Waals surface area (Å²) in [6, 6.07) is 7.50. The minimum absolute atomic E-state index is 0.0465. The van der Waals surface area contributed by atoms with Crippen LogP contribution in [0.25, 0.3) is 5.69 Å². The predicted molar refractivity (Wildman–Crippen MR) is 104 cm³/mol. The summed E-state index contributed by atoms with van der Waals surface area (Å²) in [5, 5.41) is 12.0. The Hall–Kier alpha value is -1.94. The maximum Gasteiger partial charge on any atom is 0.236 e. The second kappa shape index (κ2) is 7.97. The van der Waals surface area contributed by atoms with E-state index in [1.54, 1.807) is 16.5 Å². The molecule has 10 heteroatoms. The summed E-state index contributed by atoms with van der Waals surface area (Å²) in [4.78, 5) is 14.6. The third kappa shape index (κ3) is 4.32. The lowest BCUT2D eigenvalue weighted by atomic mass is 10.2. The molecule has 8 nitrogen and oxygen atoms in total. The number of hydrogen-bond acceptors (Lipinski definition) is 7. The molecule has 0 saturated carbocycles. The van der Waals surface area contributed by atoms with Crippen molar-refractivity contribution in [3.63, 3.8) is 0 Å². The topological polar surface area (TPSA) is 98.1 Å². The molecule has 0 bridgehead atoms. The average Bonchev–Trinajstić information content (AvgIpc) is 3.22. The first-order chi connectivity index (χ1) is 12.8. The van der Waals surface area contributed by atoms with Crippen molar-refractivity contribution in [2.45, 2.75) is 43.6 Å². The van der Waals surface area contributed by atoms with E-state index in [2.05, 4.69) is 15.5 Å². The van der Waals surface area contributed by atoms with E-state index in [4.69, 9.17) is 0 Å². The standard InChI is InChI=1S/C17H23N5O3S2/c1-4-21(14-9-10-27(24,25)11-14)16(23)13(3)26-17-18-19-20-22(17)15-8-6-5-7-12(15)2/h5-8,13-14H,4,9-11H2,1-3H3/t13-,14-/m1/s1. The van der Waals surface area contributed by atoms with Gasteiger partial charge in [0.25, 0.3) is 0 Å². The first-order valence-corrected chi connectivity index (χ1v) is 11.5. The Balaban J connectivity index is 1.76.